The zero-order valence-electron chi connectivity index (χ0n) is 9.15. The van der Waals surface area contributed by atoms with Gasteiger partial charge in [0.2, 0.25) is 0 Å². The Balaban J connectivity index is 2.28. The zero-order valence-corrected chi connectivity index (χ0v) is 9.96. The molecule has 1 aromatic rings. The second kappa shape index (κ2) is 5.13. The van der Waals surface area contributed by atoms with Crippen molar-refractivity contribution in [2.45, 2.75) is 6.42 Å². The second-order valence-electron chi connectivity index (χ2n) is 3.80. The largest absolute Gasteiger partial charge is 0.396 e. The number of hydrogen-bond donors (Lipinski definition) is 1. The maximum atomic E-state index is 8.94. The maximum Gasteiger partial charge on any atom is 0.101 e. The first-order chi connectivity index (χ1) is 7.83. The van der Waals surface area contributed by atoms with Gasteiger partial charge in [0.15, 0.2) is 0 Å². The molecule has 0 radical (unpaired) electrons. The number of nitriles is 1. The molecular weight excluding hydrogens is 218 g/mol. The van der Waals surface area contributed by atoms with Gasteiger partial charge in [0.1, 0.15) is 6.07 Å². The van der Waals surface area contributed by atoms with Crippen LogP contribution in [-0.4, -0.2) is 24.6 Å². The molecular formula is C12H15N3S. The molecule has 2 N–H and O–H groups in total. The minimum absolute atomic E-state index is 0.578. The van der Waals surface area contributed by atoms with Crippen molar-refractivity contribution in [1.29, 1.82) is 5.26 Å². The van der Waals surface area contributed by atoms with Gasteiger partial charge in [0.25, 0.3) is 0 Å². The molecule has 0 bridgehead atoms. The first-order valence-corrected chi connectivity index (χ1v) is 6.59. The topological polar surface area (TPSA) is 53.0 Å². The summed E-state index contributed by atoms with van der Waals surface area (Å²) >= 11 is 1.98. The lowest BCUT2D eigenvalue weighted by atomic mass is 10.1. The van der Waals surface area contributed by atoms with E-state index < -0.39 is 0 Å². The van der Waals surface area contributed by atoms with Crippen LogP contribution in [0.15, 0.2) is 18.2 Å². The molecule has 16 heavy (non-hydrogen) atoms. The standard InChI is InChI=1S/C12H15N3S/c13-9-10-3-1-4-11(12(10)14)15-5-2-7-16-8-6-15/h1,3-4H,2,5-8,14H2. The van der Waals surface area contributed by atoms with E-state index in [-0.39, 0.29) is 0 Å². The third-order valence-corrected chi connectivity index (χ3v) is 3.82. The Labute approximate surface area is 100 Å². The lowest BCUT2D eigenvalue weighted by molar-refractivity contribution is 0.817. The quantitative estimate of drug-likeness (QED) is 0.755. The van der Waals surface area contributed by atoms with E-state index in [2.05, 4.69) is 11.0 Å². The van der Waals surface area contributed by atoms with E-state index in [9.17, 15) is 0 Å². The van der Waals surface area contributed by atoms with E-state index in [1.165, 1.54) is 12.2 Å². The molecule has 0 atom stereocenters. The Morgan fingerprint density at radius 1 is 1.31 bits per heavy atom. The molecule has 1 aliphatic heterocycles. The van der Waals surface area contributed by atoms with Gasteiger partial charge in [0, 0.05) is 18.8 Å². The Hall–Kier alpha value is -1.34. The van der Waals surface area contributed by atoms with Gasteiger partial charge >= 0.3 is 0 Å². The normalized spacial score (nSPS) is 16.6. The van der Waals surface area contributed by atoms with Gasteiger partial charge in [0.05, 0.1) is 16.9 Å². The van der Waals surface area contributed by atoms with Crippen LogP contribution in [0, 0.1) is 11.3 Å². The Kier molecular flexibility index (Phi) is 3.58. The van der Waals surface area contributed by atoms with Gasteiger partial charge in [-0.3, -0.25) is 0 Å². The molecule has 0 spiro atoms. The number of rotatable bonds is 1. The minimum Gasteiger partial charge on any atom is -0.396 e. The SMILES string of the molecule is N#Cc1cccc(N2CCCSCC2)c1N. The predicted molar refractivity (Wildman–Crippen MR) is 69.7 cm³/mol. The molecule has 3 nitrogen and oxygen atoms in total. The van der Waals surface area contributed by atoms with Gasteiger partial charge in [-0.1, -0.05) is 6.07 Å². The van der Waals surface area contributed by atoms with E-state index in [1.807, 2.05) is 23.9 Å². The summed E-state index contributed by atoms with van der Waals surface area (Å²) in [5, 5.41) is 8.94. The van der Waals surface area contributed by atoms with E-state index >= 15 is 0 Å². The molecule has 1 fully saturated rings. The van der Waals surface area contributed by atoms with Crippen molar-refractivity contribution >= 4 is 23.1 Å². The predicted octanol–water partition coefficient (Wildman–Crippen LogP) is 2.08. The molecule has 1 saturated heterocycles. The molecule has 84 valence electrons. The lowest BCUT2D eigenvalue weighted by Gasteiger charge is -2.24. The minimum atomic E-state index is 0.578. The maximum absolute atomic E-state index is 8.94. The van der Waals surface area contributed by atoms with E-state index in [4.69, 9.17) is 11.0 Å². The third kappa shape index (κ3) is 2.25. The van der Waals surface area contributed by atoms with Crippen LogP contribution < -0.4 is 10.6 Å². The average Bonchev–Trinajstić information content (AvgIpc) is 2.58. The van der Waals surface area contributed by atoms with Crippen LogP contribution in [0.25, 0.3) is 0 Å². The monoisotopic (exact) mass is 233 g/mol. The van der Waals surface area contributed by atoms with Gasteiger partial charge in [-0.05, 0) is 24.3 Å². The fourth-order valence-electron chi connectivity index (χ4n) is 1.91. The lowest BCUT2D eigenvalue weighted by Crippen LogP contribution is -2.26. The van der Waals surface area contributed by atoms with Gasteiger partial charge in [-0.15, -0.1) is 0 Å². The number of benzene rings is 1. The number of anilines is 2. The van der Waals surface area contributed by atoms with Crippen LogP contribution in [0.3, 0.4) is 0 Å². The Morgan fingerprint density at radius 3 is 3.00 bits per heavy atom. The molecule has 0 aliphatic carbocycles. The first kappa shape index (κ1) is 11.2. The second-order valence-corrected chi connectivity index (χ2v) is 5.03. The summed E-state index contributed by atoms with van der Waals surface area (Å²) in [5.74, 6) is 2.35. The molecule has 1 heterocycles. The molecule has 0 saturated carbocycles. The zero-order chi connectivity index (χ0) is 11.4. The fourth-order valence-corrected chi connectivity index (χ4v) is 2.80. The molecule has 1 aromatic carbocycles. The highest BCUT2D eigenvalue weighted by Crippen LogP contribution is 2.27. The number of nitrogen functional groups attached to an aromatic ring is 1. The van der Waals surface area contributed by atoms with E-state index in [0.29, 0.717) is 11.3 Å². The summed E-state index contributed by atoms with van der Waals surface area (Å²) in [6, 6.07) is 7.81. The third-order valence-electron chi connectivity index (χ3n) is 2.77. The van der Waals surface area contributed by atoms with Crippen LogP contribution in [0.1, 0.15) is 12.0 Å². The summed E-state index contributed by atoms with van der Waals surface area (Å²) in [7, 11) is 0. The highest BCUT2D eigenvalue weighted by atomic mass is 32.2. The Morgan fingerprint density at radius 2 is 2.19 bits per heavy atom. The molecule has 2 rings (SSSR count). The molecule has 0 amide bonds. The summed E-state index contributed by atoms with van der Waals surface area (Å²) in [5.41, 5.74) is 8.22. The summed E-state index contributed by atoms with van der Waals surface area (Å²) < 4.78 is 0. The number of nitrogens with zero attached hydrogens (tertiary/aromatic N) is 2. The van der Waals surface area contributed by atoms with Crippen molar-refractivity contribution in [3.8, 4) is 6.07 Å². The van der Waals surface area contributed by atoms with Crippen molar-refractivity contribution < 1.29 is 0 Å². The van der Waals surface area contributed by atoms with Crippen LogP contribution in [0.4, 0.5) is 11.4 Å². The van der Waals surface area contributed by atoms with Gasteiger partial charge in [-0.2, -0.15) is 17.0 Å². The molecule has 4 heteroatoms. The first-order valence-electron chi connectivity index (χ1n) is 5.44. The van der Waals surface area contributed by atoms with Crippen LogP contribution in [0.2, 0.25) is 0 Å². The van der Waals surface area contributed by atoms with Crippen LogP contribution >= 0.6 is 11.8 Å². The van der Waals surface area contributed by atoms with Crippen molar-refractivity contribution in [3.63, 3.8) is 0 Å². The molecule has 1 aliphatic rings. The van der Waals surface area contributed by atoms with Crippen molar-refractivity contribution in [2.75, 3.05) is 35.2 Å². The number of nitrogens with two attached hydrogens (primary N) is 1. The summed E-state index contributed by atoms with van der Waals surface area (Å²) in [6.45, 7) is 2.05. The highest BCUT2D eigenvalue weighted by molar-refractivity contribution is 7.99. The van der Waals surface area contributed by atoms with Crippen LogP contribution in [-0.2, 0) is 0 Å². The number of para-hydroxylation sites is 1. The molecule has 0 unspecified atom stereocenters. The molecule has 0 aromatic heterocycles. The van der Waals surface area contributed by atoms with Crippen molar-refractivity contribution in [1.82, 2.24) is 0 Å². The van der Waals surface area contributed by atoms with E-state index in [1.54, 1.807) is 6.07 Å². The Bertz CT molecular complexity index is 403. The smallest absolute Gasteiger partial charge is 0.101 e. The van der Waals surface area contributed by atoms with Crippen molar-refractivity contribution in [3.05, 3.63) is 23.8 Å². The highest BCUT2D eigenvalue weighted by Gasteiger charge is 2.14. The number of thioether (sulfide) groups is 1. The average molecular weight is 233 g/mol. The summed E-state index contributed by atoms with van der Waals surface area (Å²) in [6.07, 6.45) is 1.18. The van der Waals surface area contributed by atoms with Crippen LogP contribution in [0.5, 0.6) is 0 Å². The summed E-state index contributed by atoms with van der Waals surface area (Å²) in [4.78, 5) is 2.29. The van der Waals surface area contributed by atoms with Gasteiger partial charge < -0.3 is 10.6 Å². The van der Waals surface area contributed by atoms with Crippen molar-refractivity contribution in [2.24, 2.45) is 0 Å². The van der Waals surface area contributed by atoms with Gasteiger partial charge in [-0.25, -0.2) is 0 Å². The fraction of sp³-hybridized carbons (Fsp3) is 0.417. The van der Waals surface area contributed by atoms with E-state index in [0.717, 1.165) is 24.5 Å². The number of hydrogen-bond acceptors (Lipinski definition) is 4.